The summed E-state index contributed by atoms with van der Waals surface area (Å²) in [4.78, 5) is 0. The lowest BCUT2D eigenvalue weighted by atomic mass is 9.58. The van der Waals surface area contributed by atoms with E-state index in [1.807, 2.05) is 0 Å². The van der Waals surface area contributed by atoms with Crippen LogP contribution in [0.2, 0.25) is 0 Å². The summed E-state index contributed by atoms with van der Waals surface area (Å²) in [6.07, 6.45) is 10.2. The zero-order chi connectivity index (χ0) is 11.5. The zero-order valence-corrected chi connectivity index (χ0v) is 11.8. The molecule has 0 radical (unpaired) electrons. The third kappa shape index (κ3) is 1.35. The van der Waals surface area contributed by atoms with Gasteiger partial charge in [0.15, 0.2) is 0 Å². The number of benzene rings is 1. The van der Waals surface area contributed by atoms with Gasteiger partial charge in [-0.1, -0.05) is 34.8 Å². The molecule has 4 rings (SSSR count). The van der Waals surface area contributed by atoms with Crippen molar-refractivity contribution in [2.75, 3.05) is 0 Å². The van der Waals surface area contributed by atoms with Crippen LogP contribution in [-0.4, -0.2) is 0 Å². The molecule has 17 heavy (non-hydrogen) atoms. The van der Waals surface area contributed by atoms with E-state index in [-0.39, 0.29) is 0 Å². The topological polar surface area (TPSA) is 0 Å². The van der Waals surface area contributed by atoms with Crippen LogP contribution in [0.3, 0.4) is 0 Å². The molecule has 0 unspecified atom stereocenters. The minimum atomic E-state index is 0.584. The number of halogens is 1. The molecule has 1 aromatic rings. The van der Waals surface area contributed by atoms with E-state index >= 15 is 0 Å². The first-order valence-electron chi connectivity index (χ1n) is 7.08. The third-order valence-corrected chi connectivity index (χ3v) is 6.21. The van der Waals surface area contributed by atoms with Gasteiger partial charge in [0.1, 0.15) is 0 Å². The van der Waals surface area contributed by atoms with Gasteiger partial charge in [-0.25, -0.2) is 0 Å². The maximum absolute atomic E-state index is 3.67. The Labute approximate surface area is 112 Å². The van der Waals surface area contributed by atoms with E-state index in [2.05, 4.69) is 34.1 Å². The molecular weight excluding hydrogens is 272 g/mol. The monoisotopic (exact) mass is 290 g/mol. The minimum absolute atomic E-state index is 0.584. The van der Waals surface area contributed by atoms with Crippen LogP contribution in [0.15, 0.2) is 22.7 Å². The number of hydrogen-bond acceptors (Lipinski definition) is 0. The van der Waals surface area contributed by atoms with Crippen LogP contribution in [0.5, 0.6) is 0 Å². The molecule has 0 heterocycles. The van der Waals surface area contributed by atoms with Crippen LogP contribution in [-0.2, 0) is 11.8 Å². The molecule has 1 aromatic carbocycles. The summed E-state index contributed by atoms with van der Waals surface area (Å²) in [5.74, 6) is 2.02. The molecule has 3 atom stereocenters. The van der Waals surface area contributed by atoms with E-state index in [4.69, 9.17) is 0 Å². The normalized spacial score (nSPS) is 38.6. The molecule has 0 N–H and O–H groups in total. The molecule has 2 fully saturated rings. The Morgan fingerprint density at radius 2 is 2.06 bits per heavy atom. The Morgan fingerprint density at radius 3 is 3.00 bits per heavy atom. The van der Waals surface area contributed by atoms with E-state index in [9.17, 15) is 0 Å². The number of hydrogen-bond donors (Lipinski definition) is 0. The zero-order valence-electron chi connectivity index (χ0n) is 10.2. The molecule has 2 saturated carbocycles. The van der Waals surface area contributed by atoms with Crippen molar-refractivity contribution in [2.24, 2.45) is 11.8 Å². The molecule has 1 heteroatoms. The lowest BCUT2D eigenvalue weighted by Crippen LogP contribution is -2.40. The van der Waals surface area contributed by atoms with Crippen LogP contribution in [0.25, 0.3) is 0 Å². The summed E-state index contributed by atoms with van der Waals surface area (Å²) in [5, 5.41) is 0. The van der Waals surface area contributed by atoms with Crippen molar-refractivity contribution < 1.29 is 0 Å². The van der Waals surface area contributed by atoms with Crippen molar-refractivity contribution in [3.63, 3.8) is 0 Å². The first-order valence-corrected chi connectivity index (χ1v) is 7.88. The van der Waals surface area contributed by atoms with E-state index in [1.54, 1.807) is 11.1 Å². The summed E-state index contributed by atoms with van der Waals surface area (Å²) in [6, 6.07) is 7.05. The van der Waals surface area contributed by atoms with Crippen molar-refractivity contribution in [3.8, 4) is 0 Å². The molecule has 2 bridgehead atoms. The van der Waals surface area contributed by atoms with Crippen molar-refractivity contribution in [1.82, 2.24) is 0 Å². The van der Waals surface area contributed by atoms with Crippen LogP contribution in [0.4, 0.5) is 0 Å². The average Bonchev–Trinajstić information content (AvgIpc) is 2.65. The second-order valence-corrected chi connectivity index (χ2v) is 7.23. The van der Waals surface area contributed by atoms with Gasteiger partial charge in [-0.15, -0.1) is 0 Å². The van der Waals surface area contributed by atoms with Gasteiger partial charge >= 0.3 is 0 Å². The summed E-state index contributed by atoms with van der Waals surface area (Å²) in [6.45, 7) is 0. The smallest absolute Gasteiger partial charge is 0.0178 e. The molecule has 0 amide bonds. The quantitative estimate of drug-likeness (QED) is 0.641. The molecule has 3 aliphatic rings. The Hall–Kier alpha value is -0.300. The van der Waals surface area contributed by atoms with Gasteiger partial charge in [0.25, 0.3) is 0 Å². The summed E-state index contributed by atoms with van der Waals surface area (Å²) >= 11 is 3.67. The van der Waals surface area contributed by atoms with Crippen LogP contribution >= 0.6 is 15.9 Å². The first-order chi connectivity index (χ1) is 8.29. The average molecular weight is 291 g/mol. The Bertz CT molecular complexity index is 465. The fraction of sp³-hybridized carbons (Fsp3) is 0.625. The maximum atomic E-state index is 3.67. The van der Waals surface area contributed by atoms with Crippen molar-refractivity contribution in [3.05, 3.63) is 33.8 Å². The fourth-order valence-electron chi connectivity index (χ4n) is 5.09. The molecular formula is C16H19Br. The van der Waals surface area contributed by atoms with Gasteiger partial charge in [0.2, 0.25) is 0 Å². The van der Waals surface area contributed by atoms with Crippen molar-refractivity contribution in [1.29, 1.82) is 0 Å². The van der Waals surface area contributed by atoms with E-state index < -0.39 is 0 Å². The maximum Gasteiger partial charge on any atom is 0.0178 e. The Kier molecular flexibility index (Phi) is 2.25. The van der Waals surface area contributed by atoms with E-state index in [0.29, 0.717) is 5.41 Å². The standard InChI is InChI=1S/C16H19Br/c17-13-5-4-11-9-12-6-8-16(15(11)10-13)7-2-1-3-14(12)16/h4-5,10,12,14H,1-3,6-9H2/t12-,14-,16-/m0/s1. The predicted molar refractivity (Wildman–Crippen MR) is 74.2 cm³/mol. The fourth-order valence-corrected chi connectivity index (χ4v) is 5.45. The third-order valence-electron chi connectivity index (χ3n) is 5.72. The number of fused-ring (bicyclic) bond motifs is 1. The van der Waals surface area contributed by atoms with Gasteiger partial charge in [-0.2, -0.15) is 0 Å². The first kappa shape index (κ1) is 10.6. The molecule has 0 saturated heterocycles. The molecule has 0 nitrogen and oxygen atoms in total. The van der Waals surface area contributed by atoms with Crippen LogP contribution in [0, 0.1) is 11.8 Å². The van der Waals surface area contributed by atoms with Gasteiger partial charge < -0.3 is 0 Å². The van der Waals surface area contributed by atoms with Gasteiger partial charge in [0.05, 0.1) is 0 Å². The highest BCUT2D eigenvalue weighted by molar-refractivity contribution is 9.10. The SMILES string of the molecule is Brc1ccc2c(c1)[C@]13CCCC[C@H]1[C@@H](CC3)C2. The van der Waals surface area contributed by atoms with E-state index in [0.717, 1.165) is 11.8 Å². The Morgan fingerprint density at radius 1 is 1.12 bits per heavy atom. The molecule has 90 valence electrons. The van der Waals surface area contributed by atoms with Gasteiger partial charge in [0, 0.05) is 4.47 Å². The second kappa shape index (κ2) is 3.60. The Balaban J connectivity index is 1.92. The number of rotatable bonds is 0. The van der Waals surface area contributed by atoms with Gasteiger partial charge in [-0.05, 0) is 72.6 Å². The lowest BCUT2D eigenvalue weighted by Gasteiger charge is -2.46. The van der Waals surface area contributed by atoms with Crippen LogP contribution < -0.4 is 0 Å². The highest BCUT2D eigenvalue weighted by Gasteiger charge is 2.53. The second-order valence-electron chi connectivity index (χ2n) is 6.31. The molecule has 0 spiro atoms. The lowest BCUT2D eigenvalue weighted by molar-refractivity contribution is 0.167. The summed E-state index contributed by atoms with van der Waals surface area (Å²) < 4.78 is 1.28. The van der Waals surface area contributed by atoms with Gasteiger partial charge in [-0.3, -0.25) is 0 Å². The molecule has 0 aromatic heterocycles. The minimum Gasteiger partial charge on any atom is -0.0576 e. The summed E-state index contributed by atoms with van der Waals surface area (Å²) in [5.41, 5.74) is 3.96. The van der Waals surface area contributed by atoms with E-state index in [1.165, 1.54) is 49.4 Å². The largest absolute Gasteiger partial charge is 0.0576 e. The highest BCUT2D eigenvalue weighted by atomic mass is 79.9. The van der Waals surface area contributed by atoms with Crippen molar-refractivity contribution in [2.45, 2.75) is 50.4 Å². The molecule has 3 aliphatic carbocycles. The van der Waals surface area contributed by atoms with Crippen molar-refractivity contribution >= 4 is 15.9 Å². The highest BCUT2D eigenvalue weighted by Crippen LogP contribution is 2.60. The summed E-state index contributed by atoms with van der Waals surface area (Å²) in [7, 11) is 0. The predicted octanol–water partition coefficient (Wildman–Crippen LogP) is 4.84. The molecule has 0 aliphatic heterocycles. The van der Waals surface area contributed by atoms with Crippen LogP contribution in [0.1, 0.15) is 49.7 Å².